The van der Waals surface area contributed by atoms with Crippen LogP contribution in [0.25, 0.3) is 0 Å². The highest BCUT2D eigenvalue weighted by molar-refractivity contribution is 7.97. The maximum Gasteiger partial charge on any atom is 0.244 e. The maximum absolute atomic E-state index is 13.2. The zero-order valence-corrected chi connectivity index (χ0v) is 18.4. The third kappa shape index (κ3) is 5.45. The van der Waals surface area contributed by atoms with Crippen LogP contribution in [0.2, 0.25) is 0 Å². The van der Waals surface area contributed by atoms with E-state index in [4.69, 9.17) is 4.74 Å². The Morgan fingerprint density at radius 2 is 1.55 bits per heavy atom. The smallest absolute Gasteiger partial charge is 0.244 e. The Labute approximate surface area is 174 Å². The number of hydrogen-bond donors (Lipinski definition) is 1. The second-order valence-electron chi connectivity index (χ2n) is 6.69. The Hall–Kier alpha value is -2.20. The van der Waals surface area contributed by atoms with E-state index in [0.29, 0.717) is 5.75 Å². The summed E-state index contributed by atoms with van der Waals surface area (Å²) in [5.74, 6) is 0.667. The van der Waals surface area contributed by atoms with Crippen molar-refractivity contribution < 1.29 is 13.2 Å². The summed E-state index contributed by atoms with van der Waals surface area (Å²) in [5.41, 5.74) is 1.15. The molecular formula is C23H26NO3PS. The molecule has 152 valence electrons. The molecule has 1 N–H and O–H groups in total. The quantitative estimate of drug-likeness (QED) is 0.516. The molecule has 0 heterocycles. The molecule has 3 rings (SSSR count). The first-order valence-electron chi connectivity index (χ1n) is 9.64. The van der Waals surface area contributed by atoms with Crippen molar-refractivity contribution in [2.75, 3.05) is 7.11 Å². The predicted molar refractivity (Wildman–Crippen MR) is 121 cm³/mol. The summed E-state index contributed by atoms with van der Waals surface area (Å²) >= 11 is 0. The fourth-order valence-corrected chi connectivity index (χ4v) is 7.08. The number of hydrogen-bond acceptors (Lipinski definition) is 3. The monoisotopic (exact) mass is 427 g/mol. The van der Waals surface area contributed by atoms with Crippen LogP contribution in [0.3, 0.4) is 0 Å². The molecule has 0 saturated heterocycles. The number of ether oxygens (including phenoxy) is 1. The van der Waals surface area contributed by atoms with Crippen molar-refractivity contribution in [1.82, 2.24) is 4.49 Å². The fourth-order valence-electron chi connectivity index (χ4n) is 3.02. The lowest BCUT2D eigenvalue weighted by Gasteiger charge is -2.22. The first-order valence-corrected chi connectivity index (χ1v) is 12.5. The molecule has 0 aromatic heterocycles. The molecule has 29 heavy (non-hydrogen) atoms. The molecule has 0 radical (unpaired) electrons. The Morgan fingerprint density at radius 1 is 0.897 bits per heavy atom. The third-order valence-corrected chi connectivity index (χ3v) is 8.85. The van der Waals surface area contributed by atoms with Gasteiger partial charge in [0.15, 0.2) is 0 Å². The molecule has 0 fully saturated rings. The Kier molecular flexibility index (Phi) is 7.43. The van der Waals surface area contributed by atoms with E-state index >= 15 is 0 Å². The van der Waals surface area contributed by atoms with Crippen LogP contribution in [0.1, 0.15) is 25.3 Å². The molecule has 3 aromatic carbocycles. The van der Waals surface area contributed by atoms with Crippen molar-refractivity contribution in [1.29, 1.82) is 0 Å². The minimum Gasteiger partial charge on any atom is -0.496 e. The van der Waals surface area contributed by atoms with Crippen LogP contribution in [0.15, 0.2) is 83.8 Å². The van der Waals surface area contributed by atoms with E-state index in [9.17, 15) is 8.42 Å². The number of nitrogens with one attached hydrogen (secondary N) is 1. The predicted octanol–water partition coefficient (Wildman–Crippen LogP) is 4.36. The highest BCUT2D eigenvalue weighted by Gasteiger charge is 2.25. The fraction of sp³-hybridized carbons (Fsp3) is 0.217. The van der Waals surface area contributed by atoms with Gasteiger partial charge in [0.05, 0.1) is 12.0 Å². The molecule has 0 aliphatic heterocycles. The zero-order chi connectivity index (χ0) is 20.7. The summed E-state index contributed by atoms with van der Waals surface area (Å²) in [6.45, 7) is 2.15. The normalized spacial score (nSPS) is 12.5. The van der Waals surface area contributed by atoms with Gasteiger partial charge in [0.25, 0.3) is 0 Å². The average molecular weight is 428 g/mol. The number of sulfonamides is 1. The van der Waals surface area contributed by atoms with Crippen molar-refractivity contribution in [2.24, 2.45) is 0 Å². The summed E-state index contributed by atoms with van der Waals surface area (Å²) in [6, 6.07) is 24.3. The lowest BCUT2D eigenvalue weighted by atomic mass is 10.1. The molecular weight excluding hydrogens is 401 g/mol. The number of benzene rings is 3. The highest BCUT2D eigenvalue weighted by atomic mass is 32.2. The minimum absolute atomic E-state index is 0.274. The van der Waals surface area contributed by atoms with E-state index in [1.54, 1.807) is 19.2 Å². The van der Waals surface area contributed by atoms with Gasteiger partial charge in [-0.25, -0.2) is 8.42 Å². The van der Waals surface area contributed by atoms with Gasteiger partial charge in [-0.3, -0.25) is 0 Å². The van der Waals surface area contributed by atoms with Crippen LogP contribution in [0.5, 0.6) is 5.75 Å². The van der Waals surface area contributed by atoms with E-state index in [2.05, 4.69) is 11.4 Å². The van der Waals surface area contributed by atoms with Crippen molar-refractivity contribution >= 4 is 28.7 Å². The molecule has 1 unspecified atom stereocenters. The SMILES string of the molecule is CCCCc1ccc(S(=O)(=O)NP(c2ccccc2)c2ccccc2OC)cc1. The van der Waals surface area contributed by atoms with Crippen molar-refractivity contribution in [3.8, 4) is 5.75 Å². The third-order valence-electron chi connectivity index (χ3n) is 4.60. The van der Waals surface area contributed by atoms with E-state index in [1.165, 1.54) is 0 Å². The lowest BCUT2D eigenvalue weighted by molar-refractivity contribution is 0.418. The lowest BCUT2D eigenvalue weighted by Crippen LogP contribution is -2.29. The van der Waals surface area contributed by atoms with Gasteiger partial charge in [-0.2, -0.15) is 4.49 Å². The van der Waals surface area contributed by atoms with Crippen LogP contribution < -0.4 is 19.8 Å². The van der Waals surface area contributed by atoms with Crippen LogP contribution in [0, 0.1) is 0 Å². The Morgan fingerprint density at radius 3 is 2.21 bits per heavy atom. The standard InChI is InChI=1S/C23H26NO3PS/c1-3-4-10-19-15-17-21(18-16-19)29(25,26)24-28(20-11-6-5-7-12-20)23-14-9-8-13-22(23)27-2/h5-9,11-18,24H,3-4,10H2,1-2H3. The largest absolute Gasteiger partial charge is 0.496 e. The first kappa shape index (κ1) is 21.5. The van der Waals surface area contributed by atoms with Gasteiger partial charge in [0.1, 0.15) is 5.75 Å². The van der Waals surface area contributed by atoms with Gasteiger partial charge in [0.2, 0.25) is 10.0 Å². The minimum atomic E-state index is -3.69. The number of unbranched alkanes of at least 4 members (excludes halogenated alkanes) is 1. The van der Waals surface area contributed by atoms with E-state index in [0.717, 1.165) is 35.4 Å². The summed E-state index contributed by atoms with van der Waals surface area (Å²) in [7, 11) is -3.47. The number of para-hydroxylation sites is 1. The zero-order valence-electron chi connectivity index (χ0n) is 16.7. The van der Waals surface area contributed by atoms with Crippen molar-refractivity contribution in [2.45, 2.75) is 31.1 Å². The topological polar surface area (TPSA) is 55.4 Å². The van der Waals surface area contributed by atoms with Crippen LogP contribution in [-0.2, 0) is 16.4 Å². The average Bonchev–Trinajstić information content (AvgIpc) is 2.77. The molecule has 0 aliphatic carbocycles. The second-order valence-corrected chi connectivity index (χ2v) is 10.6. The summed E-state index contributed by atoms with van der Waals surface area (Å²) < 4.78 is 34.8. The summed E-state index contributed by atoms with van der Waals surface area (Å²) in [6.07, 6.45) is 3.17. The molecule has 0 spiro atoms. The first-order chi connectivity index (χ1) is 14.0. The van der Waals surface area contributed by atoms with E-state index in [-0.39, 0.29) is 4.90 Å². The molecule has 1 atom stereocenters. The van der Waals surface area contributed by atoms with Gasteiger partial charge in [0, 0.05) is 13.4 Å². The molecule has 0 aliphatic rings. The van der Waals surface area contributed by atoms with Crippen LogP contribution in [-0.4, -0.2) is 15.5 Å². The molecule has 4 nitrogen and oxygen atoms in total. The van der Waals surface area contributed by atoms with E-state index in [1.807, 2.05) is 66.7 Å². The van der Waals surface area contributed by atoms with Crippen molar-refractivity contribution in [3.05, 3.63) is 84.4 Å². The molecule has 6 heteroatoms. The Balaban J connectivity index is 1.95. The molecule has 0 amide bonds. The Bertz CT molecular complexity index is 1020. The van der Waals surface area contributed by atoms with Gasteiger partial charge >= 0.3 is 0 Å². The van der Waals surface area contributed by atoms with Gasteiger partial charge < -0.3 is 4.74 Å². The van der Waals surface area contributed by atoms with Crippen LogP contribution in [0.4, 0.5) is 0 Å². The summed E-state index contributed by atoms with van der Waals surface area (Å²) in [5, 5.41) is 1.74. The van der Waals surface area contributed by atoms with Gasteiger partial charge in [-0.15, -0.1) is 0 Å². The van der Waals surface area contributed by atoms with Gasteiger partial charge in [-0.05, 0) is 48.0 Å². The van der Waals surface area contributed by atoms with Crippen molar-refractivity contribution in [3.63, 3.8) is 0 Å². The maximum atomic E-state index is 13.2. The van der Waals surface area contributed by atoms with Gasteiger partial charge in [-0.1, -0.05) is 67.9 Å². The summed E-state index contributed by atoms with van der Waals surface area (Å²) in [4.78, 5) is 0.274. The number of aryl methyl sites for hydroxylation is 1. The van der Waals surface area contributed by atoms with E-state index < -0.39 is 18.1 Å². The number of methoxy groups -OCH3 is 1. The highest BCUT2D eigenvalue weighted by Crippen LogP contribution is 2.35. The van der Waals surface area contributed by atoms with Crippen LogP contribution >= 0.6 is 8.07 Å². The second kappa shape index (κ2) is 10.0. The molecule has 3 aromatic rings. The molecule has 0 saturated carbocycles. The number of rotatable bonds is 9. The molecule has 0 bridgehead atoms.